The number of carbonyl (C=O) groups excluding carboxylic acids is 1. The first-order chi connectivity index (χ1) is 9.19. The van der Waals surface area contributed by atoms with Gasteiger partial charge in [0.25, 0.3) is 0 Å². The van der Waals surface area contributed by atoms with Crippen LogP contribution in [0.15, 0.2) is 24.3 Å². The van der Waals surface area contributed by atoms with E-state index in [1.165, 1.54) is 0 Å². The van der Waals surface area contributed by atoms with Crippen LogP contribution in [-0.4, -0.2) is 31.6 Å². The monoisotopic (exact) mass is 262 g/mol. The van der Waals surface area contributed by atoms with E-state index in [4.69, 9.17) is 4.74 Å². The van der Waals surface area contributed by atoms with Gasteiger partial charge in [0.2, 0.25) is 5.91 Å². The fraction of sp³-hybridized carbons (Fsp3) is 0.533. The minimum atomic E-state index is 0.0920. The molecule has 4 heteroatoms. The summed E-state index contributed by atoms with van der Waals surface area (Å²) >= 11 is 0. The molecule has 1 amide bonds. The molecule has 0 radical (unpaired) electrons. The van der Waals surface area contributed by atoms with Crippen molar-refractivity contribution in [1.82, 2.24) is 10.6 Å². The van der Waals surface area contributed by atoms with Gasteiger partial charge >= 0.3 is 0 Å². The Balaban J connectivity index is 1.76. The highest BCUT2D eigenvalue weighted by molar-refractivity contribution is 5.78. The molecule has 0 bridgehead atoms. The summed E-state index contributed by atoms with van der Waals surface area (Å²) in [6.07, 6.45) is 3.10. The van der Waals surface area contributed by atoms with Crippen molar-refractivity contribution in [3.05, 3.63) is 29.8 Å². The Kier molecular flexibility index (Phi) is 4.80. The molecule has 19 heavy (non-hydrogen) atoms. The molecule has 4 nitrogen and oxygen atoms in total. The molecule has 1 aromatic carbocycles. The van der Waals surface area contributed by atoms with Crippen LogP contribution < -0.4 is 15.4 Å². The van der Waals surface area contributed by atoms with E-state index in [1.54, 1.807) is 7.11 Å². The first kappa shape index (κ1) is 13.9. The highest BCUT2D eigenvalue weighted by Gasteiger charge is 2.23. The molecule has 2 N–H and O–H groups in total. The van der Waals surface area contributed by atoms with Gasteiger partial charge in [-0.05, 0) is 37.8 Å². The highest BCUT2D eigenvalue weighted by atomic mass is 16.5. The largest absolute Gasteiger partial charge is 0.496 e. The molecular weight excluding hydrogens is 240 g/mol. The third kappa shape index (κ3) is 4.56. The van der Waals surface area contributed by atoms with E-state index in [0.29, 0.717) is 12.6 Å². The van der Waals surface area contributed by atoms with Crippen LogP contribution in [0, 0.1) is 0 Å². The number of ether oxygens (including phenoxy) is 1. The number of hydrogen-bond acceptors (Lipinski definition) is 3. The van der Waals surface area contributed by atoms with Crippen molar-refractivity contribution in [3.8, 4) is 5.75 Å². The van der Waals surface area contributed by atoms with Gasteiger partial charge in [-0.2, -0.15) is 0 Å². The van der Waals surface area contributed by atoms with Gasteiger partial charge in [0, 0.05) is 12.1 Å². The minimum Gasteiger partial charge on any atom is -0.496 e. The van der Waals surface area contributed by atoms with Gasteiger partial charge in [-0.25, -0.2) is 0 Å². The summed E-state index contributed by atoms with van der Waals surface area (Å²) in [7, 11) is 1.68. The first-order valence-corrected chi connectivity index (χ1v) is 6.83. The van der Waals surface area contributed by atoms with Gasteiger partial charge in [0.05, 0.1) is 13.7 Å². The van der Waals surface area contributed by atoms with Gasteiger partial charge < -0.3 is 15.4 Å². The zero-order chi connectivity index (χ0) is 13.7. The SMILES string of the molecule is COc1ccccc1CC(C)NCC(=O)NC1CC1. The van der Waals surface area contributed by atoms with Gasteiger partial charge in [-0.15, -0.1) is 0 Å². The maximum atomic E-state index is 11.6. The maximum Gasteiger partial charge on any atom is 0.234 e. The summed E-state index contributed by atoms with van der Waals surface area (Å²) in [5.74, 6) is 0.993. The summed E-state index contributed by atoms with van der Waals surface area (Å²) in [6, 6.07) is 8.65. The molecule has 0 saturated heterocycles. The minimum absolute atomic E-state index is 0.0920. The molecule has 2 rings (SSSR count). The average molecular weight is 262 g/mol. The van der Waals surface area contributed by atoms with Crippen LogP contribution in [-0.2, 0) is 11.2 Å². The standard InChI is InChI=1S/C15H22N2O2/c1-11(16-10-15(18)17-13-7-8-13)9-12-5-3-4-6-14(12)19-2/h3-6,11,13,16H,7-10H2,1-2H3,(H,17,18). The smallest absolute Gasteiger partial charge is 0.234 e. The van der Waals surface area contributed by atoms with Crippen molar-refractivity contribution in [2.45, 2.75) is 38.3 Å². The lowest BCUT2D eigenvalue weighted by molar-refractivity contribution is -0.120. The fourth-order valence-electron chi connectivity index (χ4n) is 2.05. The Labute approximate surface area is 114 Å². The topological polar surface area (TPSA) is 50.4 Å². The summed E-state index contributed by atoms with van der Waals surface area (Å²) < 4.78 is 5.33. The molecule has 1 aliphatic rings. The van der Waals surface area contributed by atoms with Crippen LogP contribution in [0.2, 0.25) is 0 Å². The molecule has 0 heterocycles. The second-order valence-corrected chi connectivity index (χ2v) is 5.14. The molecule has 1 atom stereocenters. The Hall–Kier alpha value is -1.55. The van der Waals surface area contributed by atoms with Gasteiger partial charge in [-0.3, -0.25) is 4.79 Å². The van der Waals surface area contributed by atoms with E-state index in [-0.39, 0.29) is 11.9 Å². The van der Waals surface area contributed by atoms with E-state index in [2.05, 4.69) is 23.6 Å². The van der Waals surface area contributed by atoms with Gasteiger partial charge in [0.1, 0.15) is 5.75 Å². The summed E-state index contributed by atoms with van der Waals surface area (Å²) in [6.45, 7) is 2.46. The normalized spacial score (nSPS) is 15.9. The third-order valence-electron chi connectivity index (χ3n) is 3.27. The Morgan fingerprint density at radius 3 is 2.84 bits per heavy atom. The highest BCUT2D eigenvalue weighted by Crippen LogP contribution is 2.19. The first-order valence-electron chi connectivity index (χ1n) is 6.83. The number of nitrogens with one attached hydrogen (secondary N) is 2. The lowest BCUT2D eigenvalue weighted by Crippen LogP contribution is -2.39. The van der Waals surface area contributed by atoms with Crippen molar-refractivity contribution < 1.29 is 9.53 Å². The molecule has 0 spiro atoms. The molecule has 1 aliphatic carbocycles. The van der Waals surface area contributed by atoms with Crippen LogP contribution in [0.3, 0.4) is 0 Å². The molecule has 1 saturated carbocycles. The predicted molar refractivity (Wildman–Crippen MR) is 75.3 cm³/mol. The van der Waals surface area contributed by atoms with Crippen molar-refractivity contribution in [1.29, 1.82) is 0 Å². The third-order valence-corrected chi connectivity index (χ3v) is 3.27. The second kappa shape index (κ2) is 6.57. The number of amides is 1. The molecule has 104 valence electrons. The molecule has 0 aliphatic heterocycles. The lowest BCUT2D eigenvalue weighted by Gasteiger charge is -2.15. The molecule has 0 aromatic heterocycles. The van der Waals surface area contributed by atoms with E-state index in [9.17, 15) is 4.79 Å². The van der Waals surface area contributed by atoms with Crippen LogP contribution in [0.5, 0.6) is 5.75 Å². The van der Waals surface area contributed by atoms with Crippen LogP contribution in [0.4, 0.5) is 0 Å². The van der Waals surface area contributed by atoms with Crippen molar-refractivity contribution in [2.75, 3.05) is 13.7 Å². The lowest BCUT2D eigenvalue weighted by atomic mass is 10.1. The van der Waals surface area contributed by atoms with Crippen molar-refractivity contribution >= 4 is 5.91 Å². The van der Waals surface area contributed by atoms with E-state index in [0.717, 1.165) is 30.6 Å². The number of para-hydroxylation sites is 1. The van der Waals surface area contributed by atoms with Gasteiger partial charge in [-0.1, -0.05) is 18.2 Å². The Morgan fingerprint density at radius 1 is 1.42 bits per heavy atom. The maximum absolute atomic E-state index is 11.6. The van der Waals surface area contributed by atoms with Crippen LogP contribution in [0.25, 0.3) is 0 Å². The molecule has 1 aromatic rings. The van der Waals surface area contributed by atoms with E-state index in [1.807, 2.05) is 18.2 Å². The van der Waals surface area contributed by atoms with Gasteiger partial charge in [0.15, 0.2) is 0 Å². The fourth-order valence-corrected chi connectivity index (χ4v) is 2.05. The Bertz CT molecular complexity index is 430. The van der Waals surface area contributed by atoms with Crippen molar-refractivity contribution in [3.63, 3.8) is 0 Å². The number of benzene rings is 1. The summed E-state index contributed by atoms with van der Waals surface area (Å²) in [4.78, 5) is 11.6. The van der Waals surface area contributed by atoms with Crippen LogP contribution in [0.1, 0.15) is 25.3 Å². The second-order valence-electron chi connectivity index (χ2n) is 5.14. The van der Waals surface area contributed by atoms with Crippen molar-refractivity contribution in [2.24, 2.45) is 0 Å². The molecule has 1 unspecified atom stereocenters. The van der Waals surface area contributed by atoms with Crippen LogP contribution >= 0.6 is 0 Å². The quantitative estimate of drug-likeness (QED) is 0.783. The predicted octanol–water partition coefficient (Wildman–Crippen LogP) is 1.49. The molecular formula is C15H22N2O2. The van der Waals surface area contributed by atoms with E-state index >= 15 is 0 Å². The average Bonchev–Trinajstić information content (AvgIpc) is 3.21. The van der Waals surface area contributed by atoms with E-state index < -0.39 is 0 Å². The zero-order valence-electron chi connectivity index (χ0n) is 11.6. The number of rotatable bonds is 7. The number of carbonyl (C=O) groups is 1. The number of hydrogen-bond donors (Lipinski definition) is 2. The summed E-state index contributed by atoms with van der Waals surface area (Å²) in [5, 5.41) is 6.22. The summed E-state index contributed by atoms with van der Waals surface area (Å²) in [5.41, 5.74) is 1.16. The number of methoxy groups -OCH3 is 1. The molecule has 1 fully saturated rings. The zero-order valence-corrected chi connectivity index (χ0v) is 11.6. The Morgan fingerprint density at radius 2 is 2.16 bits per heavy atom.